The van der Waals surface area contributed by atoms with Crippen molar-refractivity contribution < 1.29 is 4.79 Å². The Morgan fingerprint density at radius 1 is 1.50 bits per heavy atom. The fourth-order valence-corrected chi connectivity index (χ4v) is 3.61. The molecule has 5 nitrogen and oxygen atoms in total. The van der Waals surface area contributed by atoms with E-state index in [1.54, 1.807) is 4.90 Å². The number of carbonyl (C=O) groups is 1. The molecule has 2 aromatic rings. The van der Waals surface area contributed by atoms with Gasteiger partial charge in [0.2, 0.25) is 0 Å². The lowest BCUT2D eigenvalue weighted by molar-refractivity contribution is 0.0747. The van der Waals surface area contributed by atoms with E-state index < -0.39 is 0 Å². The molecule has 2 N–H and O–H groups in total. The summed E-state index contributed by atoms with van der Waals surface area (Å²) in [5, 5.41) is 10.5. The van der Waals surface area contributed by atoms with Crippen molar-refractivity contribution >= 4 is 41.3 Å². The summed E-state index contributed by atoms with van der Waals surface area (Å²) < 4.78 is 0.745. The maximum Gasteiger partial charge on any atom is 0.275 e. The molecule has 0 bridgehead atoms. The van der Waals surface area contributed by atoms with Crippen LogP contribution in [0, 0.1) is 0 Å². The summed E-state index contributed by atoms with van der Waals surface area (Å²) in [7, 11) is 0. The molecule has 0 fully saturated rings. The van der Waals surface area contributed by atoms with Crippen LogP contribution in [0.15, 0.2) is 12.1 Å². The molecule has 0 saturated carbocycles. The van der Waals surface area contributed by atoms with Crippen LogP contribution in [0.1, 0.15) is 33.5 Å². The average molecular weight is 361 g/mol. The lowest BCUT2D eigenvalue weighted by atomic mass is 10.1. The lowest BCUT2D eigenvalue weighted by Gasteiger charge is -2.20. The topological polar surface area (TPSA) is 61.0 Å². The number of aromatic amines is 1. The molecule has 3 heterocycles. The number of hydrogen-bond donors (Lipinski definition) is 2. The van der Waals surface area contributed by atoms with Crippen LogP contribution in [0.25, 0.3) is 0 Å². The average Bonchev–Trinajstić information content (AvgIpc) is 3.10. The summed E-state index contributed by atoms with van der Waals surface area (Å²) in [4.78, 5) is 15.6. The first-order valence-corrected chi connectivity index (χ1v) is 8.18. The van der Waals surface area contributed by atoms with Crippen molar-refractivity contribution in [1.29, 1.82) is 0 Å². The highest BCUT2D eigenvalue weighted by atomic mass is 35.5. The maximum absolute atomic E-state index is 12.7. The van der Waals surface area contributed by atoms with E-state index in [1.807, 2.05) is 19.1 Å². The Kier molecular flexibility index (Phi) is 5.86. The minimum Gasteiger partial charge on any atom is -0.332 e. The molecule has 0 radical (unpaired) electrons. The van der Waals surface area contributed by atoms with Gasteiger partial charge in [0.15, 0.2) is 5.69 Å². The third kappa shape index (κ3) is 3.46. The molecular formula is C14H18Cl2N4OS. The Morgan fingerprint density at radius 3 is 3.00 bits per heavy atom. The van der Waals surface area contributed by atoms with Crippen LogP contribution < -0.4 is 5.32 Å². The fraction of sp³-hybridized carbons (Fsp3) is 0.429. The van der Waals surface area contributed by atoms with Crippen LogP contribution in [-0.2, 0) is 19.5 Å². The minimum atomic E-state index is -0.0248. The quantitative estimate of drug-likeness (QED) is 0.880. The zero-order valence-corrected chi connectivity index (χ0v) is 14.6. The molecule has 8 heteroatoms. The predicted molar refractivity (Wildman–Crippen MR) is 91.0 cm³/mol. The van der Waals surface area contributed by atoms with E-state index in [2.05, 4.69) is 15.5 Å². The molecule has 120 valence electrons. The van der Waals surface area contributed by atoms with Gasteiger partial charge in [0.05, 0.1) is 10.9 Å². The number of hydrogen-bond acceptors (Lipinski definition) is 4. The van der Waals surface area contributed by atoms with E-state index in [0.717, 1.165) is 33.4 Å². The number of thiophene rings is 1. The Morgan fingerprint density at radius 2 is 2.32 bits per heavy atom. The van der Waals surface area contributed by atoms with Gasteiger partial charge in [-0.25, -0.2) is 0 Å². The van der Waals surface area contributed by atoms with E-state index in [-0.39, 0.29) is 18.3 Å². The van der Waals surface area contributed by atoms with Crippen molar-refractivity contribution in [2.75, 3.05) is 13.1 Å². The maximum atomic E-state index is 12.7. The molecule has 0 aromatic carbocycles. The normalized spacial score (nSPS) is 13.4. The number of rotatable bonds is 4. The standard InChI is InChI=1S/C14H17ClN4OS.ClH/c1-2-19(8-9-3-4-12(15)21-9)14(20)13-10-7-16-6-5-11(10)17-18-13;/h3-4,16H,2,5-8H2,1H3,(H,17,18);1H. The van der Waals surface area contributed by atoms with Crippen molar-refractivity contribution in [2.45, 2.75) is 26.4 Å². The van der Waals surface area contributed by atoms with E-state index in [9.17, 15) is 4.79 Å². The van der Waals surface area contributed by atoms with Crippen LogP contribution in [-0.4, -0.2) is 34.1 Å². The van der Waals surface area contributed by atoms with Gasteiger partial charge in [0, 0.05) is 42.2 Å². The second-order valence-corrected chi connectivity index (χ2v) is 6.78. The van der Waals surface area contributed by atoms with Crippen LogP contribution >= 0.6 is 35.3 Å². The highest BCUT2D eigenvalue weighted by molar-refractivity contribution is 7.16. The van der Waals surface area contributed by atoms with Gasteiger partial charge in [-0.1, -0.05) is 11.6 Å². The van der Waals surface area contributed by atoms with Gasteiger partial charge in [0.1, 0.15) is 0 Å². The smallest absolute Gasteiger partial charge is 0.275 e. The third-order valence-electron chi connectivity index (χ3n) is 3.65. The van der Waals surface area contributed by atoms with Gasteiger partial charge in [-0.3, -0.25) is 9.89 Å². The molecule has 0 spiro atoms. The monoisotopic (exact) mass is 360 g/mol. The molecular weight excluding hydrogens is 343 g/mol. The minimum absolute atomic E-state index is 0. The summed E-state index contributed by atoms with van der Waals surface area (Å²) >= 11 is 7.46. The van der Waals surface area contributed by atoms with Gasteiger partial charge in [-0.2, -0.15) is 5.10 Å². The largest absolute Gasteiger partial charge is 0.332 e. The summed E-state index contributed by atoms with van der Waals surface area (Å²) in [5.74, 6) is -0.0248. The molecule has 22 heavy (non-hydrogen) atoms. The van der Waals surface area contributed by atoms with Gasteiger partial charge < -0.3 is 10.2 Å². The van der Waals surface area contributed by atoms with Crippen molar-refractivity contribution in [3.8, 4) is 0 Å². The van der Waals surface area contributed by atoms with E-state index in [4.69, 9.17) is 11.6 Å². The molecule has 1 amide bonds. The van der Waals surface area contributed by atoms with Crippen LogP contribution in [0.2, 0.25) is 4.34 Å². The Balaban J connectivity index is 0.00000176. The fourth-order valence-electron chi connectivity index (χ4n) is 2.50. The number of aromatic nitrogens is 2. The second kappa shape index (κ2) is 7.46. The predicted octanol–water partition coefficient (Wildman–Crippen LogP) is 2.85. The number of nitrogens with one attached hydrogen (secondary N) is 2. The molecule has 0 unspecified atom stereocenters. The van der Waals surface area contributed by atoms with Crippen LogP contribution in [0.3, 0.4) is 0 Å². The Bertz CT molecular complexity index is 655. The van der Waals surface area contributed by atoms with Crippen molar-refractivity contribution in [1.82, 2.24) is 20.4 Å². The first-order chi connectivity index (χ1) is 10.2. The molecule has 1 aliphatic rings. The first kappa shape index (κ1) is 17.3. The number of nitrogens with zero attached hydrogens (tertiary/aromatic N) is 2. The zero-order valence-electron chi connectivity index (χ0n) is 12.2. The van der Waals surface area contributed by atoms with Gasteiger partial charge >= 0.3 is 0 Å². The molecule has 1 aliphatic heterocycles. The van der Waals surface area contributed by atoms with Crippen LogP contribution in [0.5, 0.6) is 0 Å². The number of halogens is 2. The van der Waals surface area contributed by atoms with Crippen molar-refractivity contribution in [3.63, 3.8) is 0 Å². The first-order valence-electron chi connectivity index (χ1n) is 6.99. The highest BCUT2D eigenvalue weighted by Crippen LogP contribution is 2.24. The second-order valence-electron chi connectivity index (χ2n) is 4.98. The summed E-state index contributed by atoms with van der Waals surface area (Å²) in [5.41, 5.74) is 2.63. The number of carbonyl (C=O) groups excluding carboxylic acids is 1. The number of H-pyrrole nitrogens is 1. The number of fused-ring (bicyclic) bond motifs is 1. The van der Waals surface area contributed by atoms with Gasteiger partial charge in [-0.15, -0.1) is 23.7 Å². The molecule has 3 rings (SSSR count). The lowest BCUT2D eigenvalue weighted by Crippen LogP contribution is -2.32. The molecule has 2 aromatic heterocycles. The molecule has 0 saturated heterocycles. The van der Waals surface area contributed by atoms with E-state index in [0.29, 0.717) is 25.3 Å². The van der Waals surface area contributed by atoms with Crippen molar-refractivity contribution in [3.05, 3.63) is 38.3 Å². The summed E-state index contributed by atoms with van der Waals surface area (Å²) in [6.07, 6.45) is 0.891. The van der Waals surface area contributed by atoms with E-state index >= 15 is 0 Å². The molecule has 0 aliphatic carbocycles. The van der Waals surface area contributed by atoms with Crippen molar-refractivity contribution in [2.24, 2.45) is 0 Å². The van der Waals surface area contributed by atoms with Gasteiger partial charge in [0.25, 0.3) is 5.91 Å². The Labute approximate surface area is 144 Å². The van der Waals surface area contributed by atoms with Gasteiger partial charge in [-0.05, 0) is 19.1 Å². The summed E-state index contributed by atoms with van der Waals surface area (Å²) in [6.45, 7) is 4.82. The van der Waals surface area contributed by atoms with E-state index in [1.165, 1.54) is 11.3 Å². The Hall–Kier alpha value is -1.08. The summed E-state index contributed by atoms with van der Waals surface area (Å²) in [6, 6.07) is 3.82. The third-order valence-corrected chi connectivity index (χ3v) is 4.87. The highest BCUT2D eigenvalue weighted by Gasteiger charge is 2.25. The van der Waals surface area contributed by atoms with Crippen LogP contribution in [0.4, 0.5) is 0 Å². The zero-order chi connectivity index (χ0) is 14.8. The SMILES string of the molecule is CCN(Cc1ccc(Cl)s1)C(=O)c1n[nH]c2c1CNCC2.Cl. The number of amides is 1. The molecule has 0 atom stereocenters.